The lowest BCUT2D eigenvalue weighted by Gasteiger charge is -2.35. The van der Waals surface area contributed by atoms with Crippen LogP contribution in [0.3, 0.4) is 0 Å². The topological polar surface area (TPSA) is 125 Å². The molecule has 5 rings (SSSR count). The molecule has 5 heterocycles. The maximum Gasteiger partial charge on any atom is 0.253 e. The number of aromatic nitrogens is 4. The van der Waals surface area contributed by atoms with Gasteiger partial charge in [-0.25, -0.2) is 9.67 Å². The van der Waals surface area contributed by atoms with Gasteiger partial charge in [0.1, 0.15) is 0 Å². The number of likely N-dealkylation sites (tertiary alicyclic amines) is 1. The van der Waals surface area contributed by atoms with E-state index in [1.165, 1.54) is 0 Å². The standard InChI is InChI=1S/C29H39N7O3/c1-17(2)36-26-24(16-32-36)22(27(37)31-15-23-18(3)13-19(4)33-28(23)38)14-25(34-26)20-7-11-35(12-8-20)29(39)21-5-9-30-10-6-21/h13-14,16-17,20-21,30H,5-12,15H2,1-4H3,(H,31,37)(H,33,38). The average molecular weight is 534 g/mol. The van der Waals surface area contributed by atoms with Gasteiger partial charge in [-0.15, -0.1) is 0 Å². The van der Waals surface area contributed by atoms with Gasteiger partial charge in [-0.1, -0.05) is 0 Å². The van der Waals surface area contributed by atoms with Gasteiger partial charge in [0.2, 0.25) is 5.91 Å². The van der Waals surface area contributed by atoms with Crippen molar-refractivity contribution in [1.82, 2.24) is 35.3 Å². The third-order valence-corrected chi connectivity index (χ3v) is 8.15. The van der Waals surface area contributed by atoms with Gasteiger partial charge < -0.3 is 20.5 Å². The Morgan fingerprint density at radius 3 is 2.49 bits per heavy atom. The zero-order chi connectivity index (χ0) is 27.7. The van der Waals surface area contributed by atoms with Gasteiger partial charge in [0, 0.05) is 54.5 Å². The maximum absolute atomic E-state index is 13.5. The first-order chi connectivity index (χ1) is 18.7. The Labute approximate surface area is 228 Å². The fraction of sp³-hybridized carbons (Fsp3) is 0.552. The second-order valence-electron chi connectivity index (χ2n) is 11.3. The molecule has 10 nitrogen and oxygen atoms in total. The molecule has 0 atom stereocenters. The van der Waals surface area contributed by atoms with Crippen LogP contribution < -0.4 is 16.2 Å². The number of H-pyrrole nitrogens is 1. The van der Waals surface area contributed by atoms with Crippen molar-refractivity contribution in [2.75, 3.05) is 26.2 Å². The van der Waals surface area contributed by atoms with E-state index in [2.05, 4.69) is 20.7 Å². The molecule has 0 aromatic carbocycles. The van der Waals surface area contributed by atoms with E-state index in [9.17, 15) is 14.4 Å². The second kappa shape index (κ2) is 11.3. The normalized spacial score (nSPS) is 17.2. The maximum atomic E-state index is 13.5. The number of aryl methyl sites for hydroxylation is 2. The number of nitrogens with one attached hydrogen (secondary N) is 3. The lowest BCUT2D eigenvalue weighted by Crippen LogP contribution is -2.44. The molecular formula is C29H39N7O3. The number of rotatable bonds is 6. The third-order valence-electron chi connectivity index (χ3n) is 8.15. The van der Waals surface area contributed by atoms with Gasteiger partial charge in [0.05, 0.1) is 17.1 Å². The van der Waals surface area contributed by atoms with Crippen LogP contribution in [0.1, 0.15) is 84.4 Å². The highest BCUT2D eigenvalue weighted by atomic mass is 16.2. The molecule has 3 aromatic heterocycles. The van der Waals surface area contributed by atoms with E-state index in [1.54, 1.807) is 6.20 Å². The Bertz CT molecular complexity index is 1430. The summed E-state index contributed by atoms with van der Waals surface area (Å²) in [5.41, 5.74) is 4.04. The molecule has 0 saturated carbocycles. The van der Waals surface area contributed by atoms with Crippen molar-refractivity contribution in [3.8, 4) is 0 Å². The summed E-state index contributed by atoms with van der Waals surface area (Å²) in [5, 5.41) is 11.5. The van der Waals surface area contributed by atoms with E-state index in [-0.39, 0.29) is 41.8 Å². The smallest absolute Gasteiger partial charge is 0.253 e. The Kier molecular flexibility index (Phi) is 7.83. The quantitative estimate of drug-likeness (QED) is 0.448. The van der Waals surface area contributed by atoms with E-state index in [1.807, 2.05) is 49.4 Å². The van der Waals surface area contributed by atoms with E-state index in [4.69, 9.17) is 4.98 Å². The van der Waals surface area contributed by atoms with Crippen LogP contribution in [0.25, 0.3) is 11.0 Å². The minimum atomic E-state index is -0.259. The first-order valence-corrected chi connectivity index (χ1v) is 14.1. The fourth-order valence-electron chi connectivity index (χ4n) is 5.90. The summed E-state index contributed by atoms with van der Waals surface area (Å²) in [6.45, 7) is 11.1. The molecule has 2 amide bonds. The molecule has 0 aliphatic carbocycles. The van der Waals surface area contributed by atoms with E-state index < -0.39 is 0 Å². The highest BCUT2D eigenvalue weighted by Gasteiger charge is 2.31. The number of carbonyl (C=O) groups excluding carboxylic acids is 2. The molecule has 3 N–H and O–H groups in total. The predicted molar refractivity (Wildman–Crippen MR) is 150 cm³/mol. The molecule has 3 aromatic rings. The molecule has 2 saturated heterocycles. The first-order valence-electron chi connectivity index (χ1n) is 14.1. The Hall–Kier alpha value is -3.53. The van der Waals surface area contributed by atoms with E-state index in [0.717, 1.165) is 55.7 Å². The van der Waals surface area contributed by atoms with Crippen molar-refractivity contribution in [2.45, 2.75) is 71.9 Å². The van der Waals surface area contributed by atoms with Gasteiger partial charge in [0.15, 0.2) is 5.65 Å². The first kappa shape index (κ1) is 27.1. The zero-order valence-corrected chi connectivity index (χ0v) is 23.3. The van der Waals surface area contributed by atoms with Crippen LogP contribution in [-0.4, -0.2) is 62.6 Å². The van der Waals surface area contributed by atoms with Crippen LogP contribution in [0.5, 0.6) is 0 Å². The number of hydrogen-bond donors (Lipinski definition) is 3. The number of aromatic amines is 1. The van der Waals surface area contributed by atoms with Crippen LogP contribution in [-0.2, 0) is 11.3 Å². The summed E-state index contributed by atoms with van der Waals surface area (Å²) in [7, 11) is 0. The second-order valence-corrected chi connectivity index (χ2v) is 11.3. The van der Waals surface area contributed by atoms with Crippen LogP contribution >= 0.6 is 0 Å². The molecule has 2 aliphatic heterocycles. The lowest BCUT2D eigenvalue weighted by molar-refractivity contribution is -0.137. The molecule has 10 heteroatoms. The lowest BCUT2D eigenvalue weighted by atomic mass is 9.90. The minimum absolute atomic E-state index is 0.0828. The van der Waals surface area contributed by atoms with Crippen molar-refractivity contribution in [3.05, 3.63) is 56.8 Å². The van der Waals surface area contributed by atoms with Crippen LogP contribution in [0, 0.1) is 19.8 Å². The van der Waals surface area contributed by atoms with Crippen molar-refractivity contribution >= 4 is 22.8 Å². The summed E-state index contributed by atoms with van der Waals surface area (Å²) in [4.78, 5) is 48.8. The average Bonchev–Trinajstić information content (AvgIpc) is 3.36. The summed E-state index contributed by atoms with van der Waals surface area (Å²) < 4.78 is 1.85. The molecule has 0 radical (unpaired) electrons. The highest BCUT2D eigenvalue weighted by Crippen LogP contribution is 2.31. The van der Waals surface area contributed by atoms with E-state index in [0.29, 0.717) is 35.2 Å². The summed E-state index contributed by atoms with van der Waals surface area (Å²) in [6.07, 6.45) is 5.13. The molecule has 208 valence electrons. The number of carbonyl (C=O) groups is 2. The Morgan fingerprint density at radius 2 is 1.82 bits per heavy atom. The monoisotopic (exact) mass is 533 g/mol. The van der Waals surface area contributed by atoms with Crippen molar-refractivity contribution in [1.29, 1.82) is 0 Å². The predicted octanol–water partition coefficient (Wildman–Crippen LogP) is 2.95. The van der Waals surface area contributed by atoms with Gasteiger partial charge in [-0.05, 0) is 84.2 Å². The summed E-state index contributed by atoms with van der Waals surface area (Å²) >= 11 is 0. The van der Waals surface area contributed by atoms with Crippen LogP contribution in [0.2, 0.25) is 0 Å². The highest BCUT2D eigenvalue weighted by molar-refractivity contribution is 6.05. The molecule has 0 spiro atoms. The Morgan fingerprint density at radius 1 is 1.10 bits per heavy atom. The van der Waals surface area contributed by atoms with Gasteiger partial charge in [-0.2, -0.15) is 5.10 Å². The number of pyridine rings is 2. The number of hydrogen-bond acceptors (Lipinski definition) is 6. The van der Waals surface area contributed by atoms with Crippen molar-refractivity contribution in [3.63, 3.8) is 0 Å². The molecule has 2 fully saturated rings. The fourth-order valence-corrected chi connectivity index (χ4v) is 5.90. The molecule has 0 bridgehead atoms. The number of nitrogens with zero attached hydrogens (tertiary/aromatic N) is 4. The molecular weight excluding hydrogens is 494 g/mol. The Balaban J connectivity index is 1.38. The van der Waals surface area contributed by atoms with Gasteiger partial charge in [-0.3, -0.25) is 14.4 Å². The number of amides is 2. The molecule has 39 heavy (non-hydrogen) atoms. The number of fused-ring (bicyclic) bond motifs is 1. The molecule has 2 aliphatic rings. The van der Waals surface area contributed by atoms with Gasteiger partial charge in [0.25, 0.3) is 11.5 Å². The SMILES string of the molecule is Cc1cc(C)c(CNC(=O)c2cc(C3CCN(C(=O)C4CCNCC4)CC3)nc3c2cnn3C(C)C)c(=O)[nH]1. The van der Waals surface area contributed by atoms with Crippen LogP contribution in [0.4, 0.5) is 0 Å². The van der Waals surface area contributed by atoms with E-state index >= 15 is 0 Å². The number of piperidine rings is 2. The minimum Gasteiger partial charge on any atom is -0.348 e. The largest absolute Gasteiger partial charge is 0.348 e. The van der Waals surface area contributed by atoms with Crippen molar-refractivity contribution in [2.24, 2.45) is 5.92 Å². The molecule has 0 unspecified atom stereocenters. The van der Waals surface area contributed by atoms with Gasteiger partial charge >= 0.3 is 0 Å². The summed E-state index contributed by atoms with van der Waals surface area (Å²) in [6, 6.07) is 3.87. The zero-order valence-electron chi connectivity index (χ0n) is 23.3. The van der Waals surface area contributed by atoms with Crippen molar-refractivity contribution < 1.29 is 9.59 Å². The van der Waals surface area contributed by atoms with Crippen LogP contribution in [0.15, 0.2) is 23.1 Å². The third kappa shape index (κ3) is 5.61. The summed E-state index contributed by atoms with van der Waals surface area (Å²) in [5.74, 6) is 0.288.